The molecule has 0 spiro atoms. The number of anilines is 1. The van der Waals surface area contributed by atoms with E-state index in [-0.39, 0.29) is 23.0 Å². The van der Waals surface area contributed by atoms with Crippen molar-refractivity contribution in [3.05, 3.63) is 53.8 Å². The Morgan fingerprint density at radius 3 is 2.29 bits per heavy atom. The Balaban J connectivity index is 1.99. The van der Waals surface area contributed by atoms with Gasteiger partial charge in [-0.05, 0) is 36.4 Å². The molecule has 0 amide bonds. The van der Waals surface area contributed by atoms with Crippen molar-refractivity contribution in [2.75, 3.05) is 5.73 Å². The Morgan fingerprint density at radius 1 is 0.857 bits per heavy atom. The fourth-order valence-corrected chi connectivity index (χ4v) is 1.75. The monoisotopic (exact) mass is 291 g/mol. The number of nitrogen functional groups attached to an aromatic ring is 1. The summed E-state index contributed by atoms with van der Waals surface area (Å²) in [5.74, 6) is -2.48. The molecular formula is C14H8F3N3O. The predicted molar refractivity (Wildman–Crippen MR) is 69.5 cm³/mol. The Hall–Kier alpha value is -2.83. The van der Waals surface area contributed by atoms with Crippen LogP contribution in [0.2, 0.25) is 0 Å². The topological polar surface area (TPSA) is 64.9 Å². The highest BCUT2D eigenvalue weighted by Gasteiger charge is 2.13. The van der Waals surface area contributed by atoms with E-state index >= 15 is 0 Å². The highest BCUT2D eigenvalue weighted by Crippen LogP contribution is 2.25. The number of rotatable bonds is 2. The molecule has 0 bridgehead atoms. The lowest BCUT2D eigenvalue weighted by Crippen LogP contribution is -1.90. The van der Waals surface area contributed by atoms with Crippen molar-refractivity contribution in [3.63, 3.8) is 0 Å². The second-order valence-electron chi connectivity index (χ2n) is 4.29. The summed E-state index contributed by atoms with van der Waals surface area (Å²) in [6.45, 7) is 0. The maximum atomic E-state index is 13.4. The molecule has 2 N–H and O–H groups in total. The van der Waals surface area contributed by atoms with Gasteiger partial charge >= 0.3 is 0 Å². The average Bonchev–Trinajstić information content (AvgIpc) is 2.94. The quantitative estimate of drug-likeness (QED) is 0.735. The first-order valence-corrected chi connectivity index (χ1v) is 5.89. The number of benzene rings is 2. The lowest BCUT2D eigenvalue weighted by Gasteiger charge is -1.98. The van der Waals surface area contributed by atoms with Crippen molar-refractivity contribution < 1.29 is 17.7 Å². The van der Waals surface area contributed by atoms with Crippen LogP contribution in [-0.4, -0.2) is 10.1 Å². The van der Waals surface area contributed by atoms with Crippen molar-refractivity contribution in [2.24, 2.45) is 0 Å². The Kier molecular flexibility index (Phi) is 3.09. The SMILES string of the molecule is Nc1ccc(-c2nc(-c3ccc(F)c(F)c3)no2)cc1F. The smallest absolute Gasteiger partial charge is 0.258 e. The molecule has 3 aromatic rings. The molecule has 0 saturated heterocycles. The molecular weight excluding hydrogens is 283 g/mol. The van der Waals surface area contributed by atoms with E-state index in [9.17, 15) is 13.2 Å². The third-order valence-electron chi connectivity index (χ3n) is 2.85. The van der Waals surface area contributed by atoms with Crippen LogP contribution in [0.3, 0.4) is 0 Å². The number of nitrogens with zero attached hydrogens (tertiary/aromatic N) is 2. The Bertz CT molecular complexity index is 751. The van der Waals surface area contributed by atoms with Crippen molar-refractivity contribution in [1.29, 1.82) is 0 Å². The van der Waals surface area contributed by atoms with Crippen LogP contribution >= 0.6 is 0 Å². The molecule has 3 rings (SSSR count). The first kappa shape index (κ1) is 13.2. The van der Waals surface area contributed by atoms with E-state index in [1.165, 1.54) is 18.2 Å². The maximum Gasteiger partial charge on any atom is 0.258 e. The van der Waals surface area contributed by atoms with E-state index in [0.29, 0.717) is 5.56 Å². The van der Waals surface area contributed by atoms with E-state index in [4.69, 9.17) is 10.3 Å². The summed E-state index contributed by atoms with van der Waals surface area (Å²) >= 11 is 0. The van der Waals surface area contributed by atoms with Gasteiger partial charge in [-0.25, -0.2) is 13.2 Å². The second-order valence-corrected chi connectivity index (χ2v) is 4.29. The normalized spacial score (nSPS) is 10.8. The van der Waals surface area contributed by atoms with Gasteiger partial charge in [0, 0.05) is 11.1 Å². The molecule has 0 radical (unpaired) electrons. The summed E-state index contributed by atoms with van der Waals surface area (Å²) in [6.07, 6.45) is 0. The van der Waals surface area contributed by atoms with E-state index in [1.807, 2.05) is 0 Å². The van der Waals surface area contributed by atoms with Gasteiger partial charge < -0.3 is 10.3 Å². The molecule has 0 fully saturated rings. The zero-order valence-electron chi connectivity index (χ0n) is 10.5. The summed E-state index contributed by atoms with van der Waals surface area (Å²) < 4.78 is 44.4. The van der Waals surface area contributed by atoms with Gasteiger partial charge in [0.1, 0.15) is 5.82 Å². The van der Waals surface area contributed by atoms with Crippen LogP contribution in [0.5, 0.6) is 0 Å². The third kappa shape index (κ3) is 2.45. The fourth-order valence-electron chi connectivity index (χ4n) is 1.75. The molecule has 0 aliphatic carbocycles. The summed E-state index contributed by atoms with van der Waals surface area (Å²) in [4.78, 5) is 4.02. The van der Waals surface area contributed by atoms with Gasteiger partial charge in [-0.3, -0.25) is 0 Å². The van der Waals surface area contributed by atoms with Crippen LogP contribution in [-0.2, 0) is 0 Å². The molecule has 21 heavy (non-hydrogen) atoms. The molecule has 0 atom stereocenters. The number of nitrogens with two attached hydrogens (primary N) is 1. The van der Waals surface area contributed by atoms with E-state index < -0.39 is 17.5 Å². The molecule has 0 aliphatic rings. The molecule has 0 unspecified atom stereocenters. The summed E-state index contributed by atoms with van der Waals surface area (Å²) in [6, 6.07) is 7.26. The van der Waals surface area contributed by atoms with Gasteiger partial charge in [0.25, 0.3) is 5.89 Å². The minimum absolute atomic E-state index is 0.000838. The molecule has 106 valence electrons. The van der Waals surface area contributed by atoms with Crippen molar-refractivity contribution in [1.82, 2.24) is 10.1 Å². The zero-order valence-corrected chi connectivity index (χ0v) is 10.5. The van der Waals surface area contributed by atoms with Crippen LogP contribution in [0.25, 0.3) is 22.8 Å². The minimum atomic E-state index is -1.02. The molecule has 4 nitrogen and oxygen atoms in total. The zero-order chi connectivity index (χ0) is 15.0. The average molecular weight is 291 g/mol. The van der Waals surface area contributed by atoms with Gasteiger partial charge in [-0.1, -0.05) is 5.16 Å². The standard InChI is InChI=1S/C14H8F3N3O/c15-9-3-1-7(5-10(9)16)13-19-14(21-20-13)8-2-4-12(18)11(17)6-8/h1-6H,18H2. The number of hydrogen-bond donors (Lipinski definition) is 1. The van der Waals surface area contributed by atoms with Crippen LogP contribution in [0.4, 0.5) is 18.9 Å². The molecule has 1 heterocycles. The summed E-state index contributed by atoms with van der Waals surface area (Å²) in [7, 11) is 0. The molecule has 7 heteroatoms. The van der Waals surface area contributed by atoms with Crippen molar-refractivity contribution in [2.45, 2.75) is 0 Å². The molecule has 0 saturated carbocycles. The lowest BCUT2D eigenvalue weighted by atomic mass is 10.2. The number of hydrogen-bond acceptors (Lipinski definition) is 4. The van der Waals surface area contributed by atoms with Gasteiger partial charge in [-0.2, -0.15) is 4.98 Å². The molecule has 2 aromatic carbocycles. The third-order valence-corrected chi connectivity index (χ3v) is 2.85. The van der Waals surface area contributed by atoms with E-state index in [0.717, 1.165) is 18.2 Å². The lowest BCUT2D eigenvalue weighted by molar-refractivity contribution is 0.432. The van der Waals surface area contributed by atoms with Crippen LogP contribution in [0, 0.1) is 17.5 Å². The molecule has 1 aromatic heterocycles. The summed E-state index contributed by atoms with van der Waals surface area (Å²) in [5.41, 5.74) is 5.96. The van der Waals surface area contributed by atoms with Gasteiger partial charge in [0.05, 0.1) is 5.69 Å². The Morgan fingerprint density at radius 2 is 1.57 bits per heavy atom. The second kappa shape index (κ2) is 4.93. The predicted octanol–water partition coefficient (Wildman–Crippen LogP) is 3.40. The first-order valence-electron chi connectivity index (χ1n) is 5.89. The highest BCUT2D eigenvalue weighted by molar-refractivity contribution is 5.61. The van der Waals surface area contributed by atoms with Gasteiger partial charge in [0.15, 0.2) is 11.6 Å². The first-order chi connectivity index (χ1) is 10.0. The van der Waals surface area contributed by atoms with Crippen LogP contribution in [0.1, 0.15) is 0 Å². The van der Waals surface area contributed by atoms with Crippen LogP contribution in [0.15, 0.2) is 40.9 Å². The van der Waals surface area contributed by atoms with E-state index in [2.05, 4.69) is 10.1 Å². The maximum absolute atomic E-state index is 13.4. The fraction of sp³-hybridized carbons (Fsp3) is 0. The van der Waals surface area contributed by atoms with Crippen LogP contribution < -0.4 is 5.73 Å². The summed E-state index contributed by atoms with van der Waals surface area (Å²) in [5, 5.41) is 3.66. The number of halogens is 3. The Labute approximate surface area is 117 Å². The van der Waals surface area contributed by atoms with E-state index in [1.54, 1.807) is 0 Å². The highest BCUT2D eigenvalue weighted by atomic mass is 19.2. The van der Waals surface area contributed by atoms with Gasteiger partial charge in [0.2, 0.25) is 5.82 Å². The number of aromatic nitrogens is 2. The van der Waals surface area contributed by atoms with Crippen molar-refractivity contribution >= 4 is 5.69 Å². The molecule has 0 aliphatic heterocycles. The minimum Gasteiger partial charge on any atom is -0.396 e. The van der Waals surface area contributed by atoms with Gasteiger partial charge in [-0.15, -0.1) is 0 Å². The van der Waals surface area contributed by atoms with Crippen molar-refractivity contribution in [3.8, 4) is 22.8 Å². The largest absolute Gasteiger partial charge is 0.396 e.